The highest BCUT2D eigenvalue weighted by Gasteiger charge is 2.00. The molecule has 0 aliphatic rings. The van der Waals surface area contributed by atoms with Crippen LogP contribution in [-0.4, -0.2) is 13.0 Å². The van der Waals surface area contributed by atoms with Crippen molar-refractivity contribution in [2.24, 2.45) is 0 Å². The third kappa shape index (κ3) is 3.08. The number of hydrogen-bond acceptors (Lipinski definition) is 1. The first-order valence-electron chi connectivity index (χ1n) is 5.85. The molecule has 0 aliphatic carbocycles. The molecule has 1 amide bonds. The number of benzene rings is 2. The minimum absolute atomic E-state index is 0.0615. The minimum atomic E-state index is -0.0615. The standard InChI is InChI=1S/C16H15NO/c1-17-16(18)15-11-9-14(10-12-15)8-7-13-5-3-2-4-6-13/h2-12H,1H3,(H,17,18)/b8-7+. The van der Waals surface area contributed by atoms with Crippen LogP contribution in [0.25, 0.3) is 12.2 Å². The molecule has 0 atom stereocenters. The Morgan fingerprint density at radius 2 is 1.44 bits per heavy atom. The molecule has 0 fully saturated rings. The molecule has 2 nitrogen and oxygen atoms in total. The van der Waals surface area contributed by atoms with E-state index >= 15 is 0 Å². The maximum atomic E-state index is 11.4. The van der Waals surface area contributed by atoms with Crippen LogP contribution < -0.4 is 5.32 Å². The largest absolute Gasteiger partial charge is 0.355 e. The van der Waals surface area contributed by atoms with Gasteiger partial charge >= 0.3 is 0 Å². The van der Waals surface area contributed by atoms with Crippen LogP contribution >= 0.6 is 0 Å². The normalized spacial score (nSPS) is 10.5. The molecule has 18 heavy (non-hydrogen) atoms. The van der Waals surface area contributed by atoms with Crippen molar-refractivity contribution in [3.05, 3.63) is 71.3 Å². The second-order valence-electron chi connectivity index (χ2n) is 3.95. The van der Waals surface area contributed by atoms with Gasteiger partial charge in [0.1, 0.15) is 0 Å². The molecule has 2 rings (SSSR count). The van der Waals surface area contributed by atoms with Gasteiger partial charge < -0.3 is 5.32 Å². The molecule has 0 saturated heterocycles. The van der Waals surface area contributed by atoms with Crippen LogP contribution in [0.1, 0.15) is 21.5 Å². The van der Waals surface area contributed by atoms with E-state index in [9.17, 15) is 4.79 Å². The maximum absolute atomic E-state index is 11.4. The fourth-order valence-electron chi connectivity index (χ4n) is 1.65. The molecular formula is C16H15NO. The van der Waals surface area contributed by atoms with Crippen LogP contribution in [0, 0.1) is 0 Å². The van der Waals surface area contributed by atoms with Crippen LogP contribution in [0.15, 0.2) is 54.6 Å². The van der Waals surface area contributed by atoms with Crippen molar-refractivity contribution in [2.75, 3.05) is 7.05 Å². The first-order valence-corrected chi connectivity index (χ1v) is 5.85. The van der Waals surface area contributed by atoms with Gasteiger partial charge in [-0.25, -0.2) is 0 Å². The fourth-order valence-corrected chi connectivity index (χ4v) is 1.65. The Bertz CT molecular complexity index is 541. The molecule has 0 heterocycles. The van der Waals surface area contributed by atoms with E-state index in [4.69, 9.17) is 0 Å². The molecule has 1 N–H and O–H groups in total. The highest BCUT2D eigenvalue weighted by molar-refractivity contribution is 5.94. The van der Waals surface area contributed by atoms with E-state index in [-0.39, 0.29) is 5.91 Å². The van der Waals surface area contributed by atoms with E-state index in [2.05, 4.69) is 23.5 Å². The van der Waals surface area contributed by atoms with E-state index in [1.54, 1.807) is 7.05 Å². The molecule has 0 aromatic heterocycles. The Balaban J connectivity index is 2.11. The Hall–Kier alpha value is -2.35. The number of carbonyl (C=O) groups is 1. The van der Waals surface area contributed by atoms with Gasteiger partial charge in [-0.05, 0) is 23.3 Å². The summed E-state index contributed by atoms with van der Waals surface area (Å²) < 4.78 is 0. The highest BCUT2D eigenvalue weighted by Crippen LogP contribution is 2.09. The number of amides is 1. The lowest BCUT2D eigenvalue weighted by atomic mass is 10.1. The van der Waals surface area contributed by atoms with E-state index in [0.717, 1.165) is 11.1 Å². The third-order valence-corrected chi connectivity index (χ3v) is 2.67. The summed E-state index contributed by atoms with van der Waals surface area (Å²) in [4.78, 5) is 11.4. The zero-order valence-corrected chi connectivity index (χ0v) is 10.3. The molecule has 2 heteroatoms. The van der Waals surface area contributed by atoms with Crippen LogP contribution in [0.4, 0.5) is 0 Å². The zero-order chi connectivity index (χ0) is 12.8. The van der Waals surface area contributed by atoms with Gasteiger partial charge in [-0.3, -0.25) is 4.79 Å². The second kappa shape index (κ2) is 5.82. The smallest absolute Gasteiger partial charge is 0.251 e. The van der Waals surface area contributed by atoms with E-state index in [1.165, 1.54) is 0 Å². The van der Waals surface area contributed by atoms with Crippen LogP contribution in [-0.2, 0) is 0 Å². The molecule has 2 aromatic carbocycles. The number of nitrogens with one attached hydrogen (secondary N) is 1. The fraction of sp³-hybridized carbons (Fsp3) is 0.0625. The quantitative estimate of drug-likeness (QED) is 0.816. The summed E-state index contributed by atoms with van der Waals surface area (Å²) >= 11 is 0. The Labute approximate surface area is 107 Å². The minimum Gasteiger partial charge on any atom is -0.355 e. The molecule has 0 aliphatic heterocycles. The van der Waals surface area contributed by atoms with Gasteiger partial charge in [0.15, 0.2) is 0 Å². The maximum Gasteiger partial charge on any atom is 0.251 e. The molecule has 90 valence electrons. The van der Waals surface area contributed by atoms with Crippen LogP contribution in [0.2, 0.25) is 0 Å². The van der Waals surface area contributed by atoms with Crippen molar-refractivity contribution < 1.29 is 4.79 Å². The molecule has 0 saturated carbocycles. The molecule has 0 unspecified atom stereocenters. The molecular weight excluding hydrogens is 222 g/mol. The molecule has 2 aromatic rings. The van der Waals surface area contributed by atoms with Crippen molar-refractivity contribution >= 4 is 18.1 Å². The van der Waals surface area contributed by atoms with E-state index in [0.29, 0.717) is 5.56 Å². The van der Waals surface area contributed by atoms with E-state index < -0.39 is 0 Å². The predicted molar refractivity (Wildman–Crippen MR) is 75.2 cm³/mol. The summed E-state index contributed by atoms with van der Waals surface area (Å²) in [6, 6.07) is 17.6. The summed E-state index contributed by atoms with van der Waals surface area (Å²) in [5, 5.41) is 2.60. The Morgan fingerprint density at radius 3 is 2.00 bits per heavy atom. The van der Waals surface area contributed by atoms with Gasteiger partial charge in [0.25, 0.3) is 5.91 Å². The average molecular weight is 237 g/mol. The van der Waals surface area contributed by atoms with Crippen LogP contribution in [0.3, 0.4) is 0 Å². The zero-order valence-electron chi connectivity index (χ0n) is 10.3. The summed E-state index contributed by atoms with van der Waals surface area (Å²) in [6.07, 6.45) is 4.08. The molecule has 0 spiro atoms. The van der Waals surface area contributed by atoms with Crippen molar-refractivity contribution in [3.8, 4) is 0 Å². The van der Waals surface area contributed by atoms with Crippen LogP contribution in [0.5, 0.6) is 0 Å². The summed E-state index contributed by atoms with van der Waals surface area (Å²) in [6.45, 7) is 0. The van der Waals surface area contributed by atoms with Gasteiger partial charge in [-0.2, -0.15) is 0 Å². The second-order valence-corrected chi connectivity index (χ2v) is 3.95. The van der Waals surface area contributed by atoms with Crippen molar-refractivity contribution in [1.29, 1.82) is 0 Å². The average Bonchev–Trinajstić information content (AvgIpc) is 2.46. The highest BCUT2D eigenvalue weighted by atomic mass is 16.1. The van der Waals surface area contributed by atoms with Gasteiger partial charge in [0, 0.05) is 12.6 Å². The monoisotopic (exact) mass is 237 g/mol. The topological polar surface area (TPSA) is 29.1 Å². The van der Waals surface area contributed by atoms with Gasteiger partial charge in [0.2, 0.25) is 0 Å². The summed E-state index contributed by atoms with van der Waals surface area (Å²) in [5.41, 5.74) is 2.91. The number of hydrogen-bond donors (Lipinski definition) is 1. The SMILES string of the molecule is CNC(=O)c1ccc(/C=C/c2ccccc2)cc1. The van der Waals surface area contributed by atoms with Gasteiger partial charge in [-0.15, -0.1) is 0 Å². The summed E-state index contributed by atoms with van der Waals surface area (Å²) in [7, 11) is 1.63. The van der Waals surface area contributed by atoms with Crippen molar-refractivity contribution in [3.63, 3.8) is 0 Å². The van der Waals surface area contributed by atoms with Gasteiger partial charge in [0.05, 0.1) is 0 Å². The number of carbonyl (C=O) groups excluding carboxylic acids is 1. The first kappa shape index (κ1) is 12.1. The number of rotatable bonds is 3. The van der Waals surface area contributed by atoms with E-state index in [1.807, 2.05) is 48.5 Å². The molecule has 0 bridgehead atoms. The third-order valence-electron chi connectivity index (χ3n) is 2.67. The van der Waals surface area contributed by atoms with Crippen molar-refractivity contribution in [1.82, 2.24) is 5.32 Å². The Morgan fingerprint density at radius 1 is 0.889 bits per heavy atom. The predicted octanol–water partition coefficient (Wildman–Crippen LogP) is 3.22. The first-order chi connectivity index (χ1) is 8.79. The summed E-state index contributed by atoms with van der Waals surface area (Å²) in [5.74, 6) is -0.0615. The lowest BCUT2D eigenvalue weighted by Crippen LogP contribution is -2.17. The lowest BCUT2D eigenvalue weighted by molar-refractivity contribution is 0.0963. The van der Waals surface area contributed by atoms with Gasteiger partial charge in [-0.1, -0.05) is 54.6 Å². The van der Waals surface area contributed by atoms with Crippen molar-refractivity contribution in [2.45, 2.75) is 0 Å². The molecule has 0 radical (unpaired) electrons. The lowest BCUT2D eigenvalue weighted by Gasteiger charge is -2.00. The Kier molecular flexibility index (Phi) is 3.92.